The molecular formula is C29H62N2O5P+. The molecule has 8 heteroatoms. The van der Waals surface area contributed by atoms with Crippen molar-refractivity contribution in [1.29, 1.82) is 0 Å². The molecule has 0 aromatic carbocycles. The number of ether oxygens (including phenoxy) is 1. The summed E-state index contributed by atoms with van der Waals surface area (Å²) in [7, 11) is 2.11. The van der Waals surface area contributed by atoms with Gasteiger partial charge in [0.1, 0.15) is 19.3 Å². The average Bonchev–Trinajstić information content (AvgIpc) is 2.86. The Balaban J connectivity index is 3.70. The minimum absolute atomic E-state index is 0.160. The highest BCUT2D eigenvalue weighted by molar-refractivity contribution is 7.40. The number of quaternary nitrogens is 1. The van der Waals surface area contributed by atoms with Gasteiger partial charge in [-0.15, -0.1) is 0 Å². The van der Waals surface area contributed by atoms with Gasteiger partial charge in [0.15, 0.2) is 0 Å². The zero-order valence-electron chi connectivity index (χ0n) is 24.9. The van der Waals surface area contributed by atoms with E-state index in [1.807, 2.05) is 21.0 Å². The van der Waals surface area contributed by atoms with Crippen LogP contribution in [0.3, 0.4) is 0 Å². The zero-order chi connectivity index (χ0) is 27.4. The fourth-order valence-electron chi connectivity index (χ4n) is 4.30. The molecular weight excluding hydrogens is 487 g/mol. The first kappa shape index (κ1) is 36.5. The van der Waals surface area contributed by atoms with Crippen LogP contribution in [0.4, 0.5) is 4.79 Å². The number of unbranched alkanes of at least 4 members (excludes halogenated alkanes) is 17. The van der Waals surface area contributed by atoms with Gasteiger partial charge < -0.3 is 28.9 Å². The van der Waals surface area contributed by atoms with Crippen molar-refractivity contribution in [2.45, 2.75) is 142 Å². The van der Waals surface area contributed by atoms with Crippen molar-refractivity contribution in [2.24, 2.45) is 0 Å². The molecule has 0 rings (SSSR count). The smallest absolute Gasteiger partial charge is 0.407 e. The largest absolute Gasteiger partial charge is 0.444 e. The molecule has 0 aliphatic rings. The van der Waals surface area contributed by atoms with Gasteiger partial charge in [-0.05, 0) is 19.8 Å². The van der Waals surface area contributed by atoms with Gasteiger partial charge in [0.05, 0.1) is 20.7 Å². The quantitative estimate of drug-likeness (QED) is 0.0728. The third-order valence-electron chi connectivity index (χ3n) is 6.65. The Bertz CT molecular complexity index is 485. The molecule has 37 heavy (non-hydrogen) atoms. The van der Waals surface area contributed by atoms with Gasteiger partial charge in [-0.2, -0.15) is 0 Å². The van der Waals surface area contributed by atoms with E-state index in [1.54, 1.807) is 0 Å². The normalized spacial score (nSPS) is 13.1. The van der Waals surface area contributed by atoms with Crippen molar-refractivity contribution < 1.29 is 28.4 Å². The number of alkyl carbamates (subject to hydrolysis) is 1. The first-order valence-corrected chi connectivity index (χ1v) is 16.6. The first-order chi connectivity index (χ1) is 18.0. The number of hydrogen-bond donors (Lipinski definition) is 3. The maximum absolute atomic E-state index is 11.9. The van der Waals surface area contributed by atoms with Gasteiger partial charge in [-0.1, -0.05) is 116 Å². The summed E-state index contributed by atoms with van der Waals surface area (Å²) in [6, 6.07) is 0. The molecule has 0 saturated carbocycles. The van der Waals surface area contributed by atoms with Gasteiger partial charge in [-0.3, -0.25) is 0 Å². The summed E-state index contributed by atoms with van der Waals surface area (Å²) in [6.07, 6.45) is 24.1. The van der Waals surface area contributed by atoms with Crippen LogP contribution in [0.1, 0.15) is 136 Å². The number of likely N-dealkylation sites (N-methyl/N-ethyl adjacent to an activating group) is 1. The zero-order valence-corrected chi connectivity index (χ0v) is 25.8. The third-order valence-corrected chi connectivity index (χ3v) is 7.42. The number of rotatable bonds is 28. The van der Waals surface area contributed by atoms with E-state index in [0.717, 1.165) is 25.8 Å². The predicted molar refractivity (Wildman–Crippen MR) is 156 cm³/mol. The summed E-state index contributed by atoms with van der Waals surface area (Å²) in [5, 5.41) is 2.66. The fourth-order valence-corrected chi connectivity index (χ4v) is 4.92. The van der Waals surface area contributed by atoms with Crippen LogP contribution in [0.25, 0.3) is 0 Å². The minimum Gasteiger partial charge on any atom is -0.444 e. The van der Waals surface area contributed by atoms with Crippen LogP contribution in [-0.4, -0.2) is 57.5 Å². The first-order valence-electron chi connectivity index (χ1n) is 15.5. The van der Waals surface area contributed by atoms with Gasteiger partial charge >= 0.3 is 14.7 Å². The van der Waals surface area contributed by atoms with E-state index < -0.39 is 14.7 Å². The fraction of sp³-hybridized carbons (Fsp3) is 0.966. The Kier molecular flexibility index (Phi) is 28.2. The average molecular weight is 550 g/mol. The molecule has 0 fully saturated rings. The Labute approximate surface area is 230 Å². The standard InChI is InChI=1S/C29H61N2O5P/c1-5-7-8-9-10-11-12-13-14-15-16-17-18-19-20-21-22-23-24-28(36-29(32)30-6-2)27-35-37(33)34-26-25-31(3)4/h28,33H,5-27H2,1-4H3,(H,30,32)/p+1. The maximum atomic E-state index is 11.9. The molecule has 1 amide bonds. The molecule has 0 bridgehead atoms. The van der Waals surface area contributed by atoms with Gasteiger partial charge in [0.25, 0.3) is 0 Å². The van der Waals surface area contributed by atoms with Crippen molar-refractivity contribution in [3.8, 4) is 0 Å². The highest BCUT2D eigenvalue weighted by Crippen LogP contribution is 2.33. The molecule has 0 radical (unpaired) electrons. The van der Waals surface area contributed by atoms with E-state index in [2.05, 4.69) is 12.2 Å². The summed E-state index contributed by atoms with van der Waals surface area (Å²) >= 11 is 0. The molecule has 0 heterocycles. The van der Waals surface area contributed by atoms with Crippen molar-refractivity contribution in [3.05, 3.63) is 0 Å². The summed E-state index contributed by atoms with van der Waals surface area (Å²) in [5.41, 5.74) is 0. The summed E-state index contributed by atoms with van der Waals surface area (Å²) in [5.74, 6) is 0. The van der Waals surface area contributed by atoms with E-state index in [4.69, 9.17) is 13.8 Å². The van der Waals surface area contributed by atoms with Crippen molar-refractivity contribution in [1.82, 2.24) is 5.32 Å². The van der Waals surface area contributed by atoms with E-state index in [1.165, 1.54) is 108 Å². The highest BCUT2D eigenvalue weighted by atomic mass is 31.2. The Hall–Kier alpha value is -0.460. The van der Waals surface area contributed by atoms with E-state index in [9.17, 15) is 9.69 Å². The molecule has 7 nitrogen and oxygen atoms in total. The third kappa shape index (κ3) is 28.4. The van der Waals surface area contributed by atoms with Crippen LogP contribution < -0.4 is 10.2 Å². The molecule has 2 unspecified atom stereocenters. The SMILES string of the molecule is CCCCCCCCCCCCCCCCCCCCC(COP(O)OCC[NH+](C)C)OC(=O)NCC. The molecule has 2 atom stereocenters. The summed E-state index contributed by atoms with van der Waals surface area (Å²) in [6.45, 7) is 6.05. The van der Waals surface area contributed by atoms with Gasteiger partial charge in [0.2, 0.25) is 0 Å². The molecule has 0 aliphatic carbocycles. The number of amides is 1. The van der Waals surface area contributed by atoms with Crippen molar-refractivity contribution >= 4 is 14.7 Å². The topological polar surface area (TPSA) is 81.5 Å². The lowest BCUT2D eigenvalue weighted by atomic mass is 10.0. The molecule has 0 saturated heterocycles. The number of nitrogens with one attached hydrogen (secondary N) is 2. The van der Waals surface area contributed by atoms with Gasteiger partial charge in [-0.25, -0.2) is 4.79 Å². The molecule has 0 spiro atoms. The molecule has 0 aliphatic heterocycles. The lowest BCUT2D eigenvalue weighted by molar-refractivity contribution is -0.858. The van der Waals surface area contributed by atoms with Crippen LogP contribution in [0, 0.1) is 0 Å². The Morgan fingerprint density at radius 3 is 1.65 bits per heavy atom. The van der Waals surface area contributed by atoms with Crippen LogP contribution in [0.15, 0.2) is 0 Å². The molecule has 3 N–H and O–H groups in total. The summed E-state index contributed by atoms with van der Waals surface area (Å²) in [4.78, 5) is 23.0. The minimum atomic E-state index is -1.94. The second kappa shape index (κ2) is 28.5. The number of carbonyl (C=O) groups is 1. The molecule has 222 valence electrons. The Morgan fingerprint density at radius 1 is 0.757 bits per heavy atom. The van der Waals surface area contributed by atoms with Crippen LogP contribution in [0.5, 0.6) is 0 Å². The van der Waals surface area contributed by atoms with Crippen molar-refractivity contribution in [2.75, 3.05) is 40.4 Å². The van der Waals surface area contributed by atoms with E-state index in [0.29, 0.717) is 13.2 Å². The van der Waals surface area contributed by atoms with Crippen LogP contribution >= 0.6 is 8.60 Å². The monoisotopic (exact) mass is 549 g/mol. The second-order valence-electron chi connectivity index (χ2n) is 10.7. The number of hydrogen-bond acceptors (Lipinski definition) is 5. The predicted octanol–water partition coefficient (Wildman–Crippen LogP) is 6.93. The lowest BCUT2D eigenvalue weighted by Crippen LogP contribution is -3.06. The summed E-state index contributed by atoms with van der Waals surface area (Å²) < 4.78 is 16.2. The number of carbonyl (C=O) groups excluding carboxylic acids is 1. The van der Waals surface area contributed by atoms with E-state index in [-0.39, 0.29) is 12.7 Å². The molecule has 0 aromatic heterocycles. The molecule has 0 aromatic rings. The highest BCUT2D eigenvalue weighted by Gasteiger charge is 2.18. The van der Waals surface area contributed by atoms with Crippen molar-refractivity contribution in [3.63, 3.8) is 0 Å². The Morgan fingerprint density at radius 2 is 1.22 bits per heavy atom. The van der Waals surface area contributed by atoms with Gasteiger partial charge in [0, 0.05) is 6.54 Å². The maximum Gasteiger partial charge on any atom is 0.407 e. The van der Waals surface area contributed by atoms with E-state index >= 15 is 0 Å². The van der Waals surface area contributed by atoms with Crippen LogP contribution in [-0.2, 0) is 13.8 Å². The lowest BCUT2D eigenvalue weighted by Gasteiger charge is -2.19. The van der Waals surface area contributed by atoms with Crippen LogP contribution in [0.2, 0.25) is 0 Å². The second-order valence-corrected chi connectivity index (χ2v) is 11.7.